The summed E-state index contributed by atoms with van der Waals surface area (Å²) in [7, 11) is 0. The average molecular weight is 730 g/mol. The third kappa shape index (κ3) is 5.39. The van der Waals surface area contributed by atoms with E-state index in [9.17, 15) is 0 Å². The Morgan fingerprint density at radius 1 is 0.421 bits per heavy atom. The van der Waals surface area contributed by atoms with E-state index in [4.69, 9.17) is 13.8 Å². The predicted molar refractivity (Wildman–Crippen MR) is 239 cm³/mol. The fourth-order valence-electron chi connectivity index (χ4n) is 8.62. The molecule has 0 unspecified atom stereocenters. The van der Waals surface area contributed by atoms with Crippen molar-refractivity contribution in [2.45, 2.75) is 6.92 Å². The number of nitrogens with zero attached hydrogens (tertiary/aromatic N) is 1. The van der Waals surface area contributed by atoms with Crippen LogP contribution in [0.25, 0.3) is 93.2 Å². The van der Waals surface area contributed by atoms with Gasteiger partial charge in [0.1, 0.15) is 22.5 Å². The van der Waals surface area contributed by atoms with E-state index in [0.717, 1.165) is 77.8 Å². The topological polar surface area (TPSA) is 38.6 Å². The van der Waals surface area contributed by atoms with Gasteiger partial charge in [-0.3, -0.25) is 0 Å². The van der Waals surface area contributed by atoms with E-state index >= 15 is 0 Å². The molecule has 0 radical (unpaired) electrons. The summed E-state index contributed by atoms with van der Waals surface area (Å²) in [6.07, 6.45) is 0. The summed E-state index contributed by atoms with van der Waals surface area (Å²) in [5.74, 6) is 0.737. The van der Waals surface area contributed by atoms with Gasteiger partial charge in [-0.1, -0.05) is 158 Å². The van der Waals surface area contributed by atoms with Gasteiger partial charge in [0.25, 0.3) is 0 Å². The van der Waals surface area contributed by atoms with Crippen molar-refractivity contribution in [2.75, 3.05) is 0 Å². The molecule has 2 heterocycles. The monoisotopic (exact) mass is 729 g/mol. The molecule has 3 nitrogen and oxygen atoms in total. The van der Waals surface area contributed by atoms with Crippen LogP contribution in [0.2, 0.25) is 0 Å². The number of hydrogen-bond donors (Lipinski definition) is 0. The molecule has 9 aromatic carbocycles. The molecule has 268 valence electrons. The quantitative estimate of drug-likeness (QED) is 0.126. The molecule has 0 aliphatic carbocycles. The molecule has 0 bridgehead atoms. The summed E-state index contributed by atoms with van der Waals surface area (Å²) < 4.78 is 13.3. The largest absolute Gasteiger partial charge is 0.456 e. The summed E-state index contributed by atoms with van der Waals surface area (Å²) in [4.78, 5) is 5.06. The number of fused-ring (bicyclic) bond motifs is 10. The molecule has 0 spiro atoms. The molecule has 57 heavy (non-hydrogen) atoms. The Kier molecular flexibility index (Phi) is 7.55. The molecule has 0 aliphatic rings. The fourth-order valence-corrected chi connectivity index (χ4v) is 8.62. The van der Waals surface area contributed by atoms with Crippen molar-refractivity contribution in [3.8, 4) is 22.3 Å². The maximum atomic E-state index is 6.70. The number of benzene rings is 9. The van der Waals surface area contributed by atoms with E-state index in [1.165, 1.54) is 37.9 Å². The van der Waals surface area contributed by atoms with Gasteiger partial charge in [0.05, 0.1) is 5.70 Å². The van der Waals surface area contributed by atoms with Crippen molar-refractivity contribution < 1.29 is 8.83 Å². The summed E-state index contributed by atoms with van der Waals surface area (Å²) in [5, 5.41) is 10.9. The Labute approximate surface area is 329 Å². The number of hydrogen-bond acceptors (Lipinski definition) is 3. The van der Waals surface area contributed by atoms with Gasteiger partial charge >= 0.3 is 0 Å². The van der Waals surface area contributed by atoms with E-state index in [0.29, 0.717) is 5.70 Å². The molecule has 0 atom stereocenters. The van der Waals surface area contributed by atoms with Crippen LogP contribution in [0, 0.1) is 6.92 Å². The van der Waals surface area contributed by atoms with Gasteiger partial charge in [0.15, 0.2) is 5.76 Å². The molecular formula is C54H35NO2. The van der Waals surface area contributed by atoms with Gasteiger partial charge in [-0.15, -0.1) is 0 Å². The molecule has 11 rings (SSSR count). The first-order valence-electron chi connectivity index (χ1n) is 19.3. The fraction of sp³-hybridized carbons (Fsp3) is 0.0185. The second kappa shape index (κ2) is 13.1. The molecule has 0 fully saturated rings. The molecule has 11 aromatic rings. The minimum Gasteiger partial charge on any atom is -0.456 e. The van der Waals surface area contributed by atoms with Crippen LogP contribution >= 0.6 is 0 Å². The van der Waals surface area contributed by atoms with Crippen molar-refractivity contribution >= 4 is 76.6 Å². The van der Waals surface area contributed by atoms with Crippen molar-refractivity contribution in [3.05, 3.63) is 211 Å². The molecule has 0 saturated carbocycles. The Balaban J connectivity index is 1.00. The van der Waals surface area contributed by atoms with Crippen molar-refractivity contribution in [1.29, 1.82) is 0 Å². The van der Waals surface area contributed by atoms with Crippen LogP contribution in [0.15, 0.2) is 202 Å². The van der Waals surface area contributed by atoms with Crippen LogP contribution < -0.4 is 0 Å². The maximum absolute atomic E-state index is 6.70. The molecule has 2 aromatic heterocycles. The van der Waals surface area contributed by atoms with Crippen molar-refractivity contribution in [1.82, 2.24) is 0 Å². The standard InChI is InChI=1S/C54H35NO2/c1-33-40-27-24-37(31-50(40)57-54(33)53(36-16-7-4-8-17-36)55-34(2)35-14-5-3-6-15-35)38-25-29-47-51(32-38)56-49-23-13-22-41(52(47)49)39-26-28-46-44-20-10-9-18-42(44)43-19-11-12-21-45(43)48(46)30-39/h3-32H,2H2,1H3. The first kappa shape index (κ1) is 32.9. The van der Waals surface area contributed by atoms with Crippen LogP contribution in [0.3, 0.4) is 0 Å². The third-order valence-corrected chi connectivity index (χ3v) is 11.4. The summed E-state index contributed by atoms with van der Waals surface area (Å²) in [6.45, 7) is 6.41. The summed E-state index contributed by atoms with van der Waals surface area (Å²) >= 11 is 0. The predicted octanol–water partition coefficient (Wildman–Crippen LogP) is 14.9. The molecule has 0 N–H and O–H groups in total. The van der Waals surface area contributed by atoms with Crippen LogP contribution in [0.1, 0.15) is 22.5 Å². The first-order chi connectivity index (χ1) is 28.1. The van der Waals surface area contributed by atoms with Crippen LogP contribution in [-0.2, 0) is 0 Å². The van der Waals surface area contributed by atoms with E-state index in [1.54, 1.807) is 0 Å². The minimum absolute atomic E-state index is 0.681. The van der Waals surface area contributed by atoms with E-state index in [2.05, 4.69) is 147 Å². The number of furan rings is 2. The summed E-state index contributed by atoms with van der Waals surface area (Å²) in [5.41, 5.74) is 11.4. The SMILES string of the molecule is C=C(N=C(c1ccccc1)c1oc2cc(-c3ccc4c(c3)oc3cccc(-c5ccc6c7ccccc7c7ccccc7c6c5)c34)ccc2c1C)c1ccccc1. The van der Waals surface area contributed by atoms with E-state index < -0.39 is 0 Å². The lowest BCUT2D eigenvalue weighted by Crippen LogP contribution is -2.04. The zero-order chi connectivity index (χ0) is 38.0. The van der Waals surface area contributed by atoms with Gasteiger partial charge in [-0.05, 0) is 97.4 Å². The van der Waals surface area contributed by atoms with E-state index in [1.807, 2.05) is 48.5 Å². The molecule has 0 saturated heterocycles. The Morgan fingerprint density at radius 2 is 0.947 bits per heavy atom. The van der Waals surface area contributed by atoms with E-state index in [-0.39, 0.29) is 0 Å². The highest BCUT2D eigenvalue weighted by molar-refractivity contribution is 6.26. The van der Waals surface area contributed by atoms with Crippen LogP contribution in [0.5, 0.6) is 0 Å². The molecule has 0 amide bonds. The lowest BCUT2D eigenvalue weighted by molar-refractivity contribution is 0.602. The Morgan fingerprint density at radius 3 is 1.61 bits per heavy atom. The van der Waals surface area contributed by atoms with Gasteiger partial charge in [0.2, 0.25) is 0 Å². The van der Waals surface area contributed by atoms with Gasteiger partial charge in [-0.25, -0.2) is 4.99 Å². The van der Waals surface area contributed by atoms with Crippen LogP contribution in [0.4, 0.5) is 0 Å². The van der Waals surface area contributed by atoms with Crippen molar-refractivity contribution in [3.63, 3.8) is 0 Å². The lowest BCUT2D eigenvalue weighted by atomic mass is 9.91. The van der Waals surface area contributed by atoms with Crippen molar-refractivity contribution in [2.24, 2.45) is 4.99 Å². The number of rotatable bonds is 6. The Bertz CT molecular complexity index is 3390. The zero-order valence-electron chi connectivity index (χ0n) is 31.3. The maximum Gasteiger partial charge on any atom is 0.157 e. The van der Waals surface area contributed by atoms with Crippen LogP contribution in [-0.4, -0.2) is 5.71 Å². The third-order valence-electron chi connectivity index (χ3n) is 11.4. The summed E-state index contributed by atoms with van der Waals surface area (Å²) in [6, 6.07) is 63.9. The highest BCUT2D eigenvalue weighted by Crippen LogP contribution is 2.42. The second-order valence-corrected chi connectivity index (χ2v) is 14.7. The van der Waals surface area contributed by atoms with Gasteiger partial charge in [0, 0.05) is 27.3 Å². The van der Waals surface area contributed by atoms with Gasteiger partial charge < -0.3 is 8.83 Å². The highest BCUT2D eigenvalue weighted by atomic mass is 16.3. The zero-order valence-corrected chi connectivity index (χ0v) is 31.3. The normalized spacial score (nSPS) is 12.1. The average Bonchev–Trinajstić information content (AvgIpc) is 3.82. The van der Waals surface area contributed by atoms with Gasteiger partial charge in [-0.2, -0.15) is 0 Å². The number of aliphatic imine (C=N–C) groups is 1. The molecule has 0 aliphatic heterocycles. The highest BCUT2D eigenvalue weighted by Gasteiger charge is 2.20. The smallest absolute Gasteiger partial charge is 0.157 e. The minimum atomic E-state index is 0.681. The lowest BCUT2D eigenvalue weighted by Gasteiger charge is -2.12. The molecule has 3 heteroatoms. The number of aryl methyl sites for hydroxylation is 1. The molecular weight excluding hydrogens is 695 g/mol. The first-order valence-corrected chi connectivity index (χ1v) is 19.3. The second-order valence-electron chi connectivity index (χ2n) is 14.7. The Hall–Kier alpha value is -7.49.